The lowest BCUT2D eigenvalue weighted by molar-refractivity contribution is -0.118. The molecular formula is C21H28N6O2. The van der Waals surface area contributed by atoms with E-state index in [1.54, 1.807) is 23.1 Å². The number of amides is 1. The van der Waals surface area contributed by atoms with Gasteiger partial charge < -0.3 is 16.2 Å². The monoisotopic (exact) mass is 396 g/mol. The Labute approximate surface area is 170 Å². The largest absolute Gasteiger partial charge is 0.393 e. The third-order valence-corrected chi connectivity index (χ3v) is 4.85. The second-order valence-electron chi connectivity index (χ2n) is 7.50. The molecule has 0 saturated heterocycles. The Balaban J connectivity index is 0.000000290. The highest BCUT2D eigenvalue weighted by atomic mass is 16.3. The first kappa shape index (κ1) is 20.7. The van der Waals surface area contributed by atoms with Gasteiger partial charge in [-0.25, -0.2) is 9.67 Å². The number of aromatic nitrogens is 4. The number of nitrogens with two attached hydrogens (primary N) is 1. The Bertz CT molecular complexity index is 963. The van der Waals surface area contributed by atoms with E-state index in [1.807, 2.05) is 32.0 Å². The third kappa shape index (κ3) is 5.29. The van der Waals surface area contributed by atoms with E-state index in [0.29, 0.717) is 5.82 Å². The summed E-state index contributed by atoms with van der Waals surface area (Å²) in [6.45, 7) is 3.70. The lowest BCUT2D eigenvalue weighted by Gasteiger charge is -2.14. The van der Waals surface area contributed by atoms with Crippen molar-refractivity contribution in [2.75, 3.05) is 11.1 Å². The van der Waals surface area contributed by atoms with Gasteiger partial charge in [-0.15, -0.1) is 0 Å². The summed E-state index contributed by atoms with van der Waals surface area (Å²) >= 11 is 0. The van der Waals surface area contributed by atoms with Crippen molar-refractivity contribution < 1.29 is 9.90 Å². The fourth-order valence-electron chi connectivity index (χ4n) is 3.18. The van der Waals surface area contributed by atoms with Gasteiger partial charge in [0, 0.05) is 23.6 Å². The molecule has 0 atom stereocenters. The third-order valence-electron chi connectivity index (χ3n) is 4.85. The zero-order chi connectivity index (χ0) is 20.8. The van der Waals surface area contributed by atoms with Crippen LogP contribution in [0.25, 0.3) is 16.7 Å². The van der Waals surface area contributed by atoms with Gasteiger partial charge in [0.1, 0.15) is 0 Å². The molecule has 154 valence electrons. The molecule has 2 heterocycles. The van der Waals surface area contributed by atoms with Gasteiger partial charge in [-0.3, -0.25) is 4.79 Å². The van der Waals surface area contributed by atoms with Crippen LogP contribution in [0.3, 0.4) is 0 Å². The van der Waals surface area contributed by atoms with Crippen LogP contribution in [-0.2, 0) is 4.79 Å². The number of carbonyl (C=O) groups is 1. The molecule has 3 aromatic rings. The SMILES string of the molecule is CC(C)C(=O)Nc1cccc2c1cnn2-c1ccnc(N)n1.OC1CCCCC1. The van der Waals surface area contributed by atoms with Crippen LogP contribution in [0.1, 0.15) is 46.0 Å². The number of carbonyl (C=O) groups excluding carboxylic acids is 1. The first-order valence-corrected chi connectivity index (χ1v) is 10.0. The average molecular weight is 396 g/mol. The molecule has 4 rings (SSSR count). The van der Waals surface area contributed by atoms with Crippen molar-refractivity contribution >= 4 is 28.4 Å². The number of nitrogen functional groups attached to an aromatic ring is 1. The van der Waals surface area contributed by atoms with Gasteiger partial charge in [0.05, 0.1) is 23.5 Å². The van der Waals surface area contributed by atoms with Crippen LogP contribution in [0.5, 0.6) is 0 Å². The van der Waals surface area contributed by atoms with Gasteiger partial charge in [-0.2, -0.15) is 10.1 Å². The van der Waals surface area contributed by atoms with Crippen molar-refractivity contribution in [1.82, 2.24) is 19.7 Å². The fourth-order valence-corrected chi connectivity index (χ4v) is 3.18. The Kier molecular flexibility index (Phi) is 6.77. The van der Waals surface area contributed by atoms with Crippen LogP contribution < -0.4 is 11.1 Å². The molecule has 0 spiro atoms. The Morgan fingerprint density at radius 3 is 2.62 bits per heavy atom. The Hall–Kier alpha value is -3.00. The van der Waals surface area contributed by atoms with Crippen molar-refractivity contribution in [2.45, 2.75) is 52.1 Å². The molecule has 0 unspecified atom stereocenters. The second kappa shape index (κ2) is 9.47. The maximum absolute atomic E-state index is 11.9. The molecule has 4 N–H and O–H groups in total. The molecule has 1 amide bonds. The summed E-state index contributed by atoms with van der Waals surface area (Å²) in [5.74, 6) is 0.638. The number of aliphatic hydroxyl groups is 1. The summed E-state index contributed by atoms with van der Waals surface area (Å²) in [4.78, 5) is 19.9. The first-order valence-electron chi connectivity index (χ1n) is 10.0. The zero-order valence-electron chi connectivity index (χ0n) is 16.9. The lowest BCUT2D eigenvalue weighted by atomic mass is 9.98. The highest BCUT2D eigenvalue weighted by Crippen LogP contribution is 2.25. The topological polar surface area (TPSA) is 119 Å². The molecule has 29 heavy (non-hydrogen) atoms. The van der Waals surface area contributed by atoms with Crippen LogP contribution in [0.4, 0.5) is 11.6 Å². The van der Waals surface area contributed by atoms with E-state index in [-0.39, 0.29) is 23.9 Å². The van der Waals surface area contributed by atoms with Gasteiger partial charge in [-0.1, -0.05) is 39.2 Å². The predicted octanol–water partition coefficient (Wildman–Crippen LogP) is 3.30. The minimum atomic E-state index is -0.0908. The van der Waals surface area contributed by atoms with Crippen molar-refractivity contribution in [3.63, 3.8) is 0 Å². The molecule has 0 radical (unpaired) electrons. The van der Waals surface area contributed by atoms with E-state index in [1.165, 1.54) is 19.3 Å². The Morgan fingerprint density at radius 2 is 2.00 bits per heavy atom. The molecular weight excluding hydrogens is 368 g/mol. The summed E-state index contributed by atoms with van der Waals surface area (Å²) in [5.41, 5.74) is 7.18. The number of aliphatic hydroxyl groups excluding tert-OH is 1. The van der Waals surface area contributed by atoms with Crippen LogP contribution in [0.15, 0.2) is 36.7 Å². The smallest absolute Gasteiger partial charge is 0.226 e. The molecule has 8 heteroatoms. The molecule has 8 nitrogen and oxygen atoms in total. The molecule has 1 aromatic carbocycles. The maximum atomic E-state index is 11.9. The van der Waals surface area contributed by atoms with E-state index < -0.39 is 0 Å². The molecule has 1 aliphatic carbocycles. The molecule has 1 saturated carbocycles. The molecule has 0 aliphatic heterocycles. The number of nitrogens with zero attached hydrogens (tertiary/aromatic N) is 4. The minimum Gasteiger partial charge on any atom is -0.393 e. The normalized spacial score (nSPS) is 14.5. The fraction of sp³-hybridized carbons (Fsp3) is 0.429. The van der Waals surface area contributed by atoms with E-state index in [0.717, 1.165) is 29.4 Å². The van der Waals surface area contributed by atoms with Crippen molar-refractivity contribution in [1.29, 1.82) is 0 Å². The second-order valence-corrected chi connectivity index (χ2v) is 7.50. The Morgan fingerprint density at radius 1 is 1.24 bits per heavy atom. The number of fused-ring (bicyclic) bond motifs is 1. The van der Waals surface area contributed by atoms with Crippen LogP contribution in [0.2, 0.25) is 0 Å². The van der Waals surface area contributed by atoms with Crippen LogP contribution >= 0.6 is 0 Å². The molecule has 2 aromatic heterocycles. The zero-order valence-corrected chi connectivity index (χ0v) is 16.9. The number of hydrogen-bond donors (Lipinski definition) is 3. The van der Waals surface area contributed by atoms with Crippen molar-refractivity contribution in [3.05, 3.63) is 36.7 Å². The summed E-state index contributed by atoms with van der Waals surface area (Å²) in [5, 5.41) is 17.0. The number of hydrogen-bond acceptors (Lipinski definition) is 6. The highest BCUT2D eigenvalue weighted by molar-refractivity contribution is 6.01. The predicted molar refractivity (Wildman–Crippen MR) is 114 cm³/mol. The highest BCUT2D eigenvalue weighted by Gasteiger charge is 2.13. The van der Waals surface area contributed by atoms with Gasteiger partial charge in [0.15, 0.2) is 5.82 Å². The number of anilines is 2. The lowest BCUT2D eigenvalue weighted by Crippen LogP contribution is -2.17. The summed E-state index contributed by atoms with van der Waals surface area (Å²) in [7, 11) is 0. The number of rotatable bonds is 3. The maximum Gasteiger partial charge on any atom is 0.226 e. The first-order chi connectivity index (χ1) is 14.0. The van der Waals surface area contributed by atoms with Gasteiger partial charge in [0.2, 0.25) is 11.9 Å². The van der Waals surface area contributed by atoms with Gasteiger partial charge in [0.25, 0.3) is 0 Å². The molecule has 1 aliphatic rings. The van der Waals surface area contributed by atoms with Crippen molar-refractivity contribution in [3.8, 4) is 5.82 Å². The van der Waals surface area contributed by atoms with E-state index in [2.05, 4.69) is 20.4 Å². The van der Waals surface area contributed by atoms with Gasteiger partial charge in [-0.05, 0) is 25.0 Å². The van der Waals surface area contributed by atoms with E-state index in [4.69, 9.17) is 10.8 Å². The summed E-state index contributed by atoms with van der Waals surface area (Å²) < 4.78 is 1.67. The summed E-state index contributed by atoms with van der Waals surface area (Å²) in [6, 6.07) is 7.35. The minimum absolute atomic E-state index is 0.0356. The quantitative estimate of drug-likeness (QED) is 0.625. The summed E-state index contributed by atoms with van der Waals surface area (Å²) in [6.07, 6.45) is 9.20. The van der Waals surface area contributed by atoms with Crippen molar-refractivity contribution in [2.24, 2.45) is 5.92 Å². The standard InChI is InChI=1S/C15H16N6O.C6H12O/c1-9(2)14(22)19-11-4-3-5-12-10(11)8-18-21(12)13-6-7-17-15(16)20-13;7-6-4-2-1-3-5-6/h3-9H,1-2H3,(H,19,22)(H2,16,17,20);6-7H,1-5H2. The van der Waals surface area contributed by atoms with E-state index >= 15 is 0 Å². The molecule has 0 bridgehead atoms. The van der Waals surface area contributed by atoms with E-state index in [9.17, 15) is 4.79 Å². The average Bonchev–Trinajstić information content (AvgIpc) is 3.14. The number of nitrogens with one attached hydrogen (secondary N) is 1. The van der Waals surface area contributed by atoms with Crippen LogP contribution in [0, 0.1) is 5.92 Å². The van der Waals surface area contributed by atoms with Gasteiger partial charge >= 0.3 is 0 Å². The van der Waals surface area contributed by atoms with Crippen LogP contribution in [-0.4, -0.2) is 36.9 Å². The molecule has 1 fully saturated rings. The number of benzene rings is 1.